The lowest BCUT2D eigenvalue weighted by Crippen LogP contribution is -2.00. The number of aryl methyl sites for hydroxylation is 2. The lowest BCUT2D eigenvalue weighted by Gasteiger charge is -1.95. The van der Waals surface area contributed by atoms with Gasteiger partial charge in [0.05, 0.1) is 0 Å². The second-order valence-electron chi connectivity index (χ2n) is 2.13. The molecule has 0 aliphatic rings. The summed E-state index contributed by atoms with van der Waals surface area (Å²) in [7, 11) is 1.85. The van der Waals surface area contributed by atoms with Crippen LogP contribution in [0.2, 0.25) is 0 Å². The van der Waals surface area contributed by atoms with E-state index in [9.17, 15) is 0 Å². The molecule has 0 atom stereocenters. The summed E-state index contributed by atoms with van der Waals surface area (Å²) in [6, 6.07) is 0. The fourth-order valence-corrected chi connectivity index (χ4v) is 0.784. The first-order valence-electron chi connectivity index (χ1n) is 3.28. The van der Waals surface area contributed by atoms with Gasteiger partial charge in [0.2, 0.25) is 0 Å². The Morgan fingerprint density at radius 3 is 3.00 bits per heavy atom. The molecular weight excluding hydrogens is 130 g/mol. The van der Waals surface area contributed by atoms with E-state index in [0.29, 0.717) is 0 Å². The van der Waals surface area contributed by atoms with Crippen molar-refractivity contribution in [1.82, 2.24) is 14.8 Å². The Hall–Kier alpha value is -0.900. The molecule has 0 spiro atoms. The number of aromatic nitrogens is 3. The van der Waals surface area contributed by atoms with Crippen LogP contribution in [0.4, 0.5) is 0 Å². The van der Waals surface area contributed by atoms with Gasteiger partial charge in [0, 0.05) is 20.1 Å². The summed E-state index contributed by atoms with van der Waals surface area (Å²) in [6.45, 7) is 0.215. The number of nitrogens with zero attached hydrogens (tertiary/aromatic N) is 3. The van der Waals surface area contributed by atoms with Crippen molar-refractivity contribution in [2.45, 2.75) is 12.8 Å². The maximum atomic E-state index is 8.50. The Morgan fingerprint density at radius 1 is 1.70 bits per heavy atom. The Kier molecular flexibility index (Phi) is 2.39. The zero-order chi connectivity index (χ0) is 7.40. The molecule has 4 nitrogen and oxygen atoms in total. The second-order valence-corrected chi connectivity index (χ2v) is 2.13. The first-order valence-corrected chi connectivity index (χ1v) is 3.28. The van der Waals surface area contributed by atoms with E-state index in [1.807, 2.05) is 7.05 Å². The first kappa shape index (κ1) is 7.21. The predicted molar refractivity (Wildman–Crippen MR) is 36.4 cm³/mol. The average molecular weight is 141 g/mol. The highest BCUT2D eigenvalue weighted by Crippen LogP contribution is 1.94. The van der Waals surface area contributed by atoms with Crippen LogP contribution in [0.15, 0.2) is 6.33 Å². The molecule has 0 amide bonds. The van der Waals surface area contributed by atoms with Crippen LogP contribution >= 0.6 is 0 Å². The van der Waals surface area contributed by atoms with Crippen LogP contribution in [0.25, 0.3) is 0 Å². The normalized spacial score (nSPS) is 10.2. The summed E-state index contributed by atoms with van der Waals surface area (Å²) < 4.78 is 1.72. The largest absolute Gasteiger partial charge is 0.396 e. The molecule has 10 heavy (non-hydrogen) atoms. The third-order valence-corrected chi connectivity index (χ3v) is 1.36. The van der Waals surface area contributed by atoms with Gasteiger partial charge < -0.3 is 5.11 Å². The molecule has 0 aliphatic carbocycles. The average Bonchev–Trinajstić information content (AvgIpc) is 2.31. The molecule has 1 heterocycles. The van der Waals surface area contributed by atoms with E-state index in [4.69, 9.17) is 5.11 Å². The molecule has 0 unspecified atom stereocenters. The highest BCUT2D eigenvalue weighted by Gasteiger charge is 1.97. The van der Waals surface area contributed by atoms with Crippen molar-refractivity contribution in [3.8, 4) is 0 Å². The van der Waals surface area contributed by atoms with E-state index in [0.717, 1.165) is 18.7 Å². The minimum absolute atomic E-state index is 0.215. The lowest BCUT2D eigenvalue weighted by atomic mass is 10.3. The van der Waals surface area contributed by atoms with E-state index in [1.165, 1.54) is 6.33 Å². The van der Waals surface area contributed by atoms with Gasteiger partial charge in [-0.25, -0.2) is 4.98 Å². The van der Waals surface area contributed by atoms with Crippen LogP contribution in [0.5, 0.6) is 0 Å². The molecule has 1 rings (SSSR count). The van der Waals surface area contributed by atoms with Crippen molar-refractivity contribution in [1.29, 1.82) is 0 Å². The maximum absolute atomic E-state index is 8.50. The van der Waals surface area contributed by atoms with Crippen LogP contribution in [0.1, 0.15) is 12.2 Å². The molecule has 0 aromatic carbocycles. The van der Waals surface area contributed by atoms with Gasteiger partial charge in [0.1, 0.15) is 12.2 Å². The summed E-state index contributed by atoms with van der Waals surface area (Å²) in [5.41, 5.74) is 0. The second kappa shape index (κ2) is 3.31. The van der Waals surface area contributed by atoms with Crippen LogP contribution in [0.3, 0.4) is 0 Å². The molecule has 1 N–H and O–H groups in total. The SMILES string of the molecule is Cn1ncnc1CCCO. The zero-order valence-electron chi connectivity index (χ0n) is 5.99. The topological polar surface area (TPSA) is 50.9 Å². The standard InChI is InChI=1S/C6H11N3O/c1-9-6(3-2-4-10)7-5-8-9/h5,10H,2-4H2,1H3. The van der Waals surface area contributed by atoms with Crippen molar-refractivity contribution in [2.24, 2.45) is 7.05 Å². The van der Waals surface area contributed by atoms with Crippen molar-refractivity contribution >= 4 is 0 Å². The Balaban J connectivity index is 2.49. The highest BCUT2D eigenvalue weighted by molar-refractivity contribution is 4.82. The van der Waals surface area contributed by atoms with Crippen molar-refractivity contribution in [2.75, 3.05) is 6.61 Å². The summed E-state index contributed by atoms with van der Waals surface area (Å²) >= 11 is 0. The molecule has 4 heteroatoms. The molecule has 0 fully saturated rings. The Bertz CT molecular complexity index is 197. The van der Waals surface area contributed by atoms with Crippen molar-refractivity contribution in [3.63, 3.8) is 0 Å². The van der Waals surface area contributed by atoms with Crippen molar-refractivity contribution < 1.29 is 5.11 Å². The highest BCUT2D eigenvalue weighted by atomic mass is 16.2. The van der Waals surface area contributed by atoms with Crippen LogP contribution in [-0.4, -0.2) is 26.5 Å². The van der Waals surface area contributed by atoms with Crippen LogP contribution in [-0.2, 0) is 13.5 Å². The van der Waals surface area contributed by atoms with E-state index in [2.05, 4.69) is 10.1 Å². The first-order chi connectivity index (χ1) is 4.84. The molecule has 0 saturated carbocycles. The zero-order valence-corrected chi connectivity index (χ0v) is 5.99. The fourth-order valence-electron chi connectivity index (χ4n) is 0.784. The molecule has 0 saturated heterocycles. The number of hydrogen-bond acceptors (Lipinski definition) is 3. The maximum Gasteiger partial charge on any atom is 0.138 e. The smallest absolute Gasteiger partial charge is 0.138 e. The predicted octanol–water partition coefficient (Wildman–Crippen LogP) is -0.260. The number of aliphatic hydroxyl groups is 1. The van der Waals surface area contributed by atoms with Gasteiger partial charge in [-0.2, -0.15) is 5.10 Å². The van der Waals surface area contributed by atoms with Gasteiger partial charge in [0.15, 0.2) is 0 Å². The fraction of sp³-hybridized carbons (Fsp3) is 0.667. The molecular formula is C6H11N3O. The lowest BCUT2D eigenvalue weighted by molar-refractivity contribution is 0.287. The van der Waals surface area contributed by atoms with E-state index >= 15 is 0 Å². The van der Waals surface area contributed by atoms with E-state index in [1.54, 1.807) is 4.68 Å². The van der Waals surface area contributed by atoms with Gasteiger partial charge >= 0.3 is 0 Å². The third-order valence-electron chi connectivity index (χ3n) is 1.36. The minimum Gasteiger partial charge on any atom is -0.396 e. The van der Waals surface area contributed by atoms with Gasteiger partial charge in [0.25, 0.3) is 0 Å². The van der Waals surface area contributed by atoms with Gasteiger partial charge in [-0.05, 0) is 6.42 Å². The molecule has 1 aromatic rings. The minimum atomic E-state index is 0.215. The van der Waals surface area contributed by atoms with Gasteiger partial charge in [-0.15, -0.1) is 0 Å². The third kappa shape index (κ3) is 1.54. The van der Waals surface area contributed by atoms with Crippen LogP contribution < -0.4 is 0 Å². The number of aliphatic hydroxyl groups excluding tert-OH is 1. The Labute approximate surface area is 59.5 Å². The molecule has 0 radical (unpaired) electrons. The van der Waals surface area contributed by atoms with E-state index in [-0.39, 0.29) is 6.61 Å². The van der Waals surface area contributed by atoms with Crippen LogP contribution in [0, 0.1) is 0 Å². The molecule has 0 aliphatic heterocycles. The summed E-state index contributed by atoms with van der Waals surface area (Å²) in [5.74, 6) is 0.925. The quantitative estimate of drug-likeness (QED) is 0.631. The molecule has 1 aromatic heterocycles. The van der Waals surface area contributed by atoms with Gasteiger partial charge in [-0.1, -0.05) is 0 Å². The molecule has 56 valence electrons. The van der Waals surface area contributed by atoms with Gasteiger partial charge in [-0.3, -0.25) is 4.68 Å². The van der Waals surface area contributed by atoms with Crippen molar-refractivity contribution in [3.05, 3.63) is 12.2 Å². The van der Waals surface area contributed by atoms with E-state index < -0.39 is 0 Å². The Morgan fingerprint density at radius 2 is 2.50 bits per heavy atom. The monoisotopic (exact) mass is 141 g/mol. The molecule has 0 bridgehead atoms. The summed E-state index contributed by atoms with van der Waals surface area (Å²) in [4.78, 5) is 3.99. The summed E-state index contributed by atoms with van der Waals surface area (Å²) in [5, 5.41) is 12.4. The summed E-state index contributed by atoms with van der Waals surface area (Å²) in [6.07, 6.45) is 3.08. The number of rotatable bonds is 3. The number of hydrogen-bond donors (Lipinski definition) is 1.